The molecule has 1 rings (SSSR count). The zero-order chi connectivity index (χ0) is 11.6. The number of alkyl halides is 2. The van der Waals surface area contributed by atoms with E-state index < -0.39 is 24.0 Å². The fourth-order valence-corrected chi connectivity index (χ4v) is 1.55. The third kappa shape index (κ3) is 2.83. The van der Waals surface area contributed by atoms with Gasteiger partial charge in [0.2, 0.25) is 0 Å². The third-order valence-electron chi connectivity index (χ3n) is 1.64. The van der Waals surface area contributed by atoms with Gasteiger partial charge in [-0.15, -0.1) is 0 Å². The first-order chi connectivity index (χ1) is 6.93. The van der Waals surface area contributed by atoms with Crippen molar-refractivity contribution in [1.29, 1.82) is 0 Å². The second-order valence-electron chi connectivity index (χ2n) is 2.67. The van der Waals surface area contributed by atoms with Crippen LogP contribution in [0.3, 0.4) is 0 Å². The lowest BCUT2D eigenvalue weighted by molar-refractivity contribution is -0.0528. The van der Waals surface area contributed by atoms with E-state index in [1.165, 1.54) is 12.1 Å². The maximum absolute atomic E-state index is 13.5. The zero-order valence-corrected chi connectivity index (χ0v) is 9.72. The SMILES string of the molecule is CC(=O)c1ccc(I)c(OC(F)F)c1F. The highest BCUT2D eigenvalue weighted by Crippen LogP contribution is 2.28. The molecule has 0 N–H and O–H groups in total. The summed E-state index contributed by atoms with van der Waals surface area (Å²) in [7, 11) is 0. The van der Waals surface area contributed by atoms with Crippen LogP contribution in [0.5, 0.6) is 5.75 Å². The number of ether oxygens (including phenoxy) is 1. The Morgan fingerprint density at radius 2 is 2.07 bits per heavy atom. The van der Waals surface area contributed by atoms with Gasteiger partial charge in [0.1, 0.15) is 0 Å². The molecule has 0 bridgehead atoms. The smallest absolute Gasteiger partial charge is 0.387 e. The molecule has 0 aliphatic heterocycles. The van der Waals surface area contributed by atoms with Gasteiger partial charge in [-0.1, -0.05) is 0 Å². The zero-order valence-electron chi connectivity index (χ0n) is 7.56. The number of rotatable bonds is 3. The number of Topliss-reactive ketones (excluding diaryl/α,β-unsaturated/α-hetero) is 1. The molecule has 0 saturated carbocycles. The molecule has 15 heavy (non-hydrogen) atoms. The average Bonchev–Trinajstić information content (AvgIpc) is 2.11. The number of hydrogen-bond donors (Lipinski definition) is 0. The summed E-state index contributed by atoms with van der Waals surface area (Å²) in [4.78, 5) is 10.9. The maximum atomic E-state index is 13.5. The monoisotopic (exact) mass is 330 g/mol. The number of benzene rings is 1. The molecule has 0 aromatic heterocycles. The van der Waals surface area contributed by atoms with E-state index in [-0.39, 0.29) is 9.13 Å². The highest BCUT2D eigenvalue weighted by molar-refractivity contribution is 14.1. The van der Waals surface area contributed by atoms with Crippen LogP contribution in [0.25, 0.3) is 0 Å². The van der Waals surface area contributed by atoms with Crippen LogP contribution in [-0.4, -0.2) is 12.4 Å². The minimum Gasteiger partial charge on any atom is -0.431 e. The molecular weight excluding hydrogens is 324 g/mol. The highest BCUT2D eigenvalue weighted by Gasteiger charge is 2.18. The largest absolute Gasteiger partial charge is 0.431 e. The summed E-state index contributed by atoms with van der Waals surface area (Å²) in [6.45, 7) is -1.97. The lowest BCUT2D eigenvalue weighted by Gasteiger charge is -2.09. The molecular formula is C9H6F3IO2. The van der Waals surface area contributed by atoms with Crippen molar-refractivity contribution in [2.75, 3.05) is 0 Å². The Labute approximate surface area is 97.6 Å². The minimum absolute atomic E-state index is 0.190. The second kappa shape index (κ2) is 4.82. The molecule has 0 fully saturated rings. The molecule has 0 aliphatic rings. The van der Waals surface area contributed by atoms with Gasteiger partial charge in [0.05, 0.1) is 9.13 Å². The van der Waals surface area contributed by atoms with E-state index in [1.807, 2.05) is 0 Å². The first-order valence-electron chi connectivity index (χ1n) is 3.87. The minimum atomic E-state index is -3.12. The van der Waals surface area contributed by atoms with Gasteiger partial charge in [-0.25, -0.2) is 4.39 Å². The maximum Gasteiger partial charge on any atom is 0.387 e. The predicted octanol–water partition coefficient (Wildman–Crippen LogP) is 3.23. The number of hydrogen-bond acceptors (Lipinski definition) is 2. The summed E-state index contributed by atoms with van der Waals surface area (Å²) in [5.41, 5.74) is -0.258. The summed E-state index contributed by atoms with van der Waals surface area (Å²) in [6.07, 6.45) is 0. The van der Waals surface area contributed by atoms with Crippen LogP contribution in [0.2, 0.25) is 0 Å². The van der Waals surface area contributed by atoms with E-state index in [2.05, 4.69) is 4.74 Å². The Kier molecular flexibility index (Phi) is 3.95. The van der Waals surface area contributed by atoms with Gasteiger partial charge in [0.15, 0.2) is 17.3 Å². The number of carbonyl (C=O) groups excluding carboxylic acids is 1. The van der Waals surface area contributed by atoms with E-state index in [0.717, 1.165) is 6.92 Å². The van der Waals surface area contributed by atoms with Crippen LogP contribution >= 0.6 is 22.6 Å². The molecule has 0 spiro atoms. The van der Waals surface area contributed by atoms with Gasteiger partial charge in [-0.3, -0.25) is 4.79 Å². The van der Waals surface area contributed by atoms with E-state index in [4.69, 9.17) is 0 Å². The van der Waals surface area contributed by atoms with Gasteiger partial charge < -0.3 is 4.74 Å². The quantitative estimate of drug-likeness (QED) is 0.628. The topological polar surface area (TPSA) is 26.3 Å². The molecule has 0 amide bonds. The molecule has 6 heteroatoms. The number of ketones is 1. The molecule has 2 nitrogen and oxygen atoms in total. The highest BCUT2D eigenvalue weighted by atomic mass is 127. The van der Waals surface area contributed by atoms with Crippen molar-refractivity contribution < 1.29 is 22.7 Å². The average molecular weight is 330 g/mol. The van der Waals surface area contributed by atoms with Crippen molar-refractivity contribution in [3.05, 3.63) is 27.1 Å². The molecule has 1 aromatic rings. The van der Waals surface area contributed by atoms with Crippen LogP contribution < -0.4 is 4.74 Å². The molecule has 1 aromatic carbocycles. The van der Waals surface area contributed by atoms with Crippen LogP contribution in [0, 0.1) is 9.39 Å². The molecule has 82 valence electrons. The summed E-state index contributed by atoms with van der Waals surface area (Å²) in [5, 5.41) is 0. The third-order valence-corrected chi connectivity index (χ3v) is 2.48. The van der Waals surface area contributed by atoms with Crippen molar-refractivity contribution >= 4 is 28.4 Å². The van der Waals surface area contributed by atoms with Crippen molar-refractivity contribution in [3.63, 3.8) is 0 Å². The lowest BCUT2D eigenvalue weighted by Crippen LogP contribution is -2.08. The first-order valence-corrected chi connectivity index (χ1v) is 4.95. The van der Waals surface area contributed by atoms with Gasteiger partial charge in [-0.05, 0) is 41.6 Å². The fourth-order valence-electron chi connectivity index (χ4n) is 1.00. The van der Waals surface area contributed by atoms with Crippen molar-refractivity contribution in [1.82, 2.24) is 0 Å². The van der Waals surface area contributed by atoms with Gasteiger partial charge >= 0.3 is 6.61 Å². The summed E-state index contributed by atoms with van der Waals surface area (Å²) in [5.74, 6) is -2.17. The van der Waals surface area contributed by atoms with E-state index in [0.29, 0.717) is 0 Å². The predicted molar refractivity (Wildman–Crippen MR) is 55.8 cm³/mol. The molecule has 0 aliphatic carbocycles. The van der Waals surface area contributed by atoms with Gasteiger partial charge in [0.25, 0.3) is 0 Å². The molecule has 0 radical (unpaired) electrons. The lowest BCUT2D eigenvalue weighted by atomic mass is 10.1. The van der Waals surface area contributed by atoms with Crippen LogP contribution in [0.4, 0.5) is 13.2 Å². The van der Waals surface area contributed by atoms with Crippen molar-refractivity contribution in [2.45, 2.75) is 13.5 Å². The van der Waals surface area contributed by atoms with Crippen LogP contribution in [-0.2, 0) is 0 Å². The normalized spacial score (nSPS) is 10.5. The molecule has 0 unspecified atom stereocenters. The Hall–Kier alpha value is -0.790. The van der Waals surface area contributed by atoms with E-state index in [1.54, 1.807) is 22.6 Å². The standard InChI is InChI=1S/C9H6F3IO2/c1-4(14)5-2-3-6(13)8(7(5)10)15-9(11)12/h2-3,9H,1H3. The van der Waals surface area contributed by atoms with Crippen LogP contribution in [0.1, 0.15) is 17.3 Å². The summed E-state index contributed by atoms with van der Waals surface area (Å²) < 4.78 is 41.5. The summed E-state index contributed by atoms with van der Waals surface area (Å²) in [6, 6.07) is 2.58. The Morgan fingerprint density at radius 3 is 2.53 bits per heavy atom. The van der Waals surface area contributed by atoms with Crippen molar-refractivity contribution in [2.24, 2.45) is 0 Å². The number of carbonyl (C=O) groups is 1. The van der Waals surface area contributed by atoms with E-state index >= 15 is 0 Å². The van der Waals surface area contributed by atoms with Crippen LogP contribution in [0.15, 0.2) is 12.1 Å². The summed E-state index contributed by atoms with van der Waals surface area (Å²) >= 11 is 1.65. The van der Waals surface area contributed by atoms with Gasteiger partial charge in [-0.2, -0.15) is 8.78 Å². The number of halogens is 4. The first kappa shape index (κ1) is 12.3. The molecule has 0 saturated heterocycles. The Bertz CT molecular complexity index is 393. The van der Waals surface area contributed by atoms with Gasteiger partial charge in [0, 0.05) is 0 Å². The molecule has 0 atom stereocenters. The molecule has 0 heterocycles. The fraction of sp³-hybridized carbons (Fsp3) is 0.222. The second-order valence-corrected chi connectivity index (χ2v) is 3.83. The van der Waals surface area contributed by atoms with E-state index in [9.17, 15) is 18.0 Å². The Balaban J connectivity index is 3.24. The van der Waals surface area contributed by atoms with Crippen molar-refractivity contribution in [3.8, 4) is 5.75 Å². The Morgan fingerprint density at radius 1 is 1.47 bits per heavy atom.